The second kappa shape index (κ2) is 4.01. The monoisotopic (exact) mass is 243 g/mol. The minimum atomic E-state index is -4.09. The standard InChI is InChI=1S/C9H6ClNO3S/c1-6-2-3-7(5-12)9(8(6)4-11)15(10,13)14/h2-3,5H,1H3. The maximum atomic E-state index is 11.2. The van der Waals surface area contributed by atoms with Gasteiger partial charge in [0.1, 0.15) is 11.0 Å². The zero-order valence-corrected chi connectivity index (χ0v) is 9.26. The van der Waals surface area contributed by atoms with Gasteiger partial charge >= 0.3 is 0 Å². The maximum Gasteiger partial charge on any atom is 0.263 e. The van der Waals surface area contributed by atoms with Crippen LogP contribution in [-0.2, 0) is 9.05 Å². The summed E-state index contributed by atoms with van der Waals surface area (Å²) in [6.45, 7) is 1.57. The van der Waals surface area contributed by atoms with Crippen LogP contribution in [0.3, 0.4) is 0 Å². The summed E-state index contributed by atoms with van der Waals surface area (Å²) in [6.07, 6.45) is 0.357. The van der Waals surface area contributed by atoms with E-state index >= 15 is 0 Å². The molecule has 0 bridgehead atoms. The number of benzene rings is 1. The first kappa shape index (κ1) is 11.7. The summed E-state index contributed by atoms with van der Waals surface area (Å²) in [5.74, 6) is 0. The van der Waals surface area contributed by atoms with Crippen LogP contribution < -0.4 is 0 Å². The van der Waals surface area contributed by atoms with Gasteiger partial charge in [0.2, 0.25) is 0 Å². The molecule has 0 N–H and O–H groups in total. The fourth-order valence-electron chi connectivity index (χ4n) is 1.19. The van der Waals surface area contributed by atoms with E-state index in [2.05, 4.69) is 0 Å². The Labute approximate surface area is 91.5 Å². The predicted molar refractivity (Wildman–Crippen MR) is 54.3 cm³/mol. The number of halogens is 1. The average molecular weight is 244 g/mol. The van der Waals surface area contributed by atoms with E-state index in [0.29, 0.717) is 11.8 Å². The summed E-state index contributed by atoms with van der Waals surface area (Å²) in [6, 6.07) is 4.53. The summed E-state index contributed by atoms with van der Waals surface area (Å²) in [7, 11) is 1.07. The Morgan fingerprint density at radius 2 is 2.07 bits per heavy atom. The molecule has 1 aromatic rings. The fraction of sp³-hybridized carbons (Fsp3) is 0.111. The third-order valence-corrected chi connectivity index (χ3v) is 3.27. The molecule has 0 atom stereocenters. The zero-order chi connectivity index (χ0) is 11.6. The van der Waals surface area contributed by atoms with E-state index in [0.717, 1.165) is 0 Å². The Bertz CT molecular complexity index is 557. The van der Waals surface area contributed by atoms with Crippen molar-refractivity contribution >= 4 is 26.0 Å². The first-order valence-corrected chi connectivity index (χ1v) is 6.16. The van der Waals surface area contributed by atoms with E-state index in [1.54, 1.807) is 13.0 Å². The lowest BCUT2D eigenvalue weighted by Gasteiger charge is -2.05. The van der Waals surface area contributed by atoms with E-state index in [1.165, 1.54) is 12.1 Å². The largest absolute Gasteiger partial charge is 0.298 e. The van der Waals surface area contributed by atoms with Crippen molar-refractivity contribution in [2.75, 3.05) is 0 Å². The molecule has 0 spiro atoms. The maximum absolute atomic E-state index is 11.2. The van der Waals surface area contributed by atoms with Crippen molar-refractivity contribution in [2.24, 2.45) is 0 Å². The van der Waals surface area contributed by atoms with Crippen molar-refractivity contribution in [3.8, 4) is 6.07 Å². The molecule has 1 rings (SSSR count). The predicted octanol–water partition coefficient (Wildman–Crippen LogP) is 1.61. The number of aldehydes is 1. The fourth-order valence-corrected chi connectivity index (χ4v) is 2.54. The van der Waals surface area contributed by atoms with Gasteiger partial charge in [0.15, 0.2) is 6.29 Å². The molecule has 0 unspecified atom stereocenters. The van der Waals surface area contributed by atoms with Crippen molar-refractivity contribution in [3.05, 3.63) is 28.8 Å². The van der Waals surface area contributed by atoms with E-state index in [-0.39, 0.29) is 11.1 Å². The van der Waals surface area contributed by atoms with Crippen LogP contribution in [-0.4, -0.2) is 14.7 Å². The molecule has 4 nitrogen and oxygen atoms in total. The summed E-state index contributed by atoms with van der Waals surface area (Å²) >= 11 is 0. The molecule has 0 amide bonds. The molecule has 0 saturated carbocycles. The Balaban J connectivity index is 3.81. The lowest BCUT2D eigenvalue weighted by atomic mass is 10.1. The van der Waals surface area contributed by atoms with Crippen LogP contribution in [0.1, 0.15) is 21.5 Å². The van der Waals surface area contributed by atoms with E-state index in [9.17, 15) is 13.2 Å². The number of hydrogen-bond donors (Lipinski definition) is 0. The van der Waals surface area contributed by atoms with Gasteiger partial charge in [-0.25, -0.2) is 8.42 Å². The van der Waals surface area contributed by atoms with Crippen LogP contribution in [0.25, 0.3) is 0 Å². The minimum absolute atomic E-state index is 0.0883. The highest BCUT2D eigenvalue weighted by atomic mass is 35.7. The van der Waals surface area contributed by atoms with E-state index in [1.807, 2.05) is 0 Å². The molecular formula is C9H6ClNO3S. The summed E-state index contributed by atoms with van der Waals surface area (Å²) in [5.41, 5.74) is 0.268. The van der Waals surface area contributed by atoms with Crippen molar-refractivity contribution in [3.63, 3.8) is 0 Å². The SMILES string of the molecule is Cc1ccc(C=O)c(S(=O)(=O)Cl)c1C#N. The molecule has 0 fully saturated rings. The Morgan fingerprint density at radius 1 is 1.47 bits per heavy atom. The summed E-state index contributed by atoms with van der Waals surface area (Å²) in [4.78, 5) is 10.2. The van der Waals surface area contributed by atoms with Gasteiger partial charge in [0.25, 0.3) is 9.05 Å². The molecule has 0 saturated heterocycles. The molecule has 0 aliphatic rings. The molecule has 0 aliphatic heterocycles. The van der Waals surface area contributed by atoms with Gasteiger partial charge in [-0.2, -0.15) is 5.26 Å². The minimum Gasteiger partial charge on any atom is -0.298 e. The van der Waals surface area contributed by atoms with E-state index in [4.69, 9.17) is 15.9 Å². The Hall–Kier alpha value is -1.38. The van der Waals surface area contributed by atoms with Crippen LogP contribution in [0.5, 0.6) is 0 Å². The average Bonchev–Trinajstić information content (AvgIpc) is 2.15. The molecule has 0 aromatic heterocycles. The highest BCUT2D eigenvalue weighted by Gasteiger charge is 2.21. The lowest BCUT2D eigenvalue weighted by molar-refractivity contribution is 0.112. The van der Waals surface area contributed by atoms with E-state index < -0.39 is 13.9 Å². The van der Waals surface area contributed by atoms with Crippen molar-refractivity contribution < 1.29 is 13.2 Å². The molecule has 78 valence electrons. The van der Waals surface area contributed by atoms with Crippen molar-refractivity contribution in [1.29, 1.82) is 5.26 Å². The normalized spacial score (nSPS) is 10.7. The lowest BCUT2D eigenvalue weighted by Crippen LogP contribution is -2.02. The van der Waals surface area contributed by atoms with Crippen LogP contribution in [0.4, 0.5) is 0 Å². The number of nitriles is 1. The van der Waals surface area contributed by atoms with Gasteiger partial charge in [-0.05, 0) is 18.6 Å². The summed E-state index contributed by atoms with van der Waals surface area (Å²) < 4.78 is 22.4. The van der Waals surface area contributed by atoms with Crippen molar-refractivity contribution in [2.45, 2.75) is 11.8 Å². The topological polar surface area (TPSA) is 75.0 Å². The highest BCUT2D eigenvalue weighted by molar-refractivity contribution is 8.13. The molecule has 0 radical (unpaired) electrons. The van der Waals surface area contributed by atoms with Gasteiger partial charge in [-0.15, -0.1) is 0 Å². The highest BCUT2D eigenvalue weighted by Crippen LogP contribution is 2.25. The molecule has 15 heavy (non-hydrogen) atoms. The Morgan fingerprint density at radius 3 is 2.47 bits per heavy atom. The molecule has 0 heterocycles. The molecule has 1 aromatic carbocycles. The molecule has 6 heteroatoms. The number of aryl methyl sites for hydroxylation is 1. The number of carbonyl (C=O) groups is 1. The number of rotatable bonds is 2. The van der Waals surface area contributed by atoms with Crippen LogP contribution in [0.15, 0.2) is 17.0 Å². The van der Waals surface area contributed by atoms with Crippen molar-refractivity contribution in [1.82, 2.24) is 0 Å². The molecule has 0 aliphatic carbocycles. The number of carbonyl (C=O) groups excluding carboxylic acids is 1. The van der Waals surface area contributed by atoms with Gasteiger partial charge in [-0.3, -0.25) is 4.79 Å². The zero-order valence-electron chi connectivity index (χ0n) is 7.69. The quantitative estimate of drug-likeness (QED) is 0.584. The number of hydrogen-bond acceptors (Lipinski definition) is 4. The molecular weight excluding hydrogens is 238 g/mol. The van der Waals surface area contributed by atoms with Crippen LogP contribution in [0, 0.1) is 18.3 Å². The third-order valence-electron chi connectivity index (χ3n) is 1.88. The third kappa shape index (κ3) is 2.17. The first-order valence-electron chi connectivity index (χ1n) is 3.85. The number of nitrogens with zero attached hydrogens (tertiary/aromatic N) is 1. The second-order valence-electron chi connectivity index (χ2n) is 2.84. The first-order chi connectivity index (χ1) is 6.91. The van der Waals surface area contributed by atoms with Gasteiger partial charge in [0.05, 0.1) is 5.56 Å². The summed E-state index contributed by atoms with van der Waals surface area (Å²) in [5, 5.41) is 8.79. The smallest absolute Gasteiger partial charge is 0.263 e. The van der Waals surface area contributed by atoms with Gasteiger partial charge in [0, 0.05) is 16.2 Å². The van der Waals surface area contributed by atoms with Crippen LogP contribution >= 0.6 is 10.7 Å². The van der Waals surface area contributed by atoms with Crippen LogP contribution in [0.2, 0.25) is 0 Å². The van der Waals surface area contributed by atoms with Gasteiger partial charge in [-0.1, -0.05) is 6.07 Å². The van der Waals surface area contributed by atoms with Gasteiger partial charge < -0.3 is 0 Å². The Kier molecular flexibility index (Phi) is 3.12. The second-order valence-corrected chi connectivity index (χ2v) is 5.35.